The van der Waals surface area contributed by atoms with Gasteiger partial charge in [0.25, 0.3) is 0 Å². The van der Waals surface area contributed by atoms with Crippen molar-refractivity contribution in [1.82, 2.24) is 16.0 Å². The van der Waals surface area contributed by atoms with E-state index in [4.69, 9.17) is 56.8 Å². The second-order valence-corrected chi connectivity index (χ2v) is 21.1. The molecule has 498 valence electrons. The minimum atomic E-state index is -3.14. The fourth-order valence-corrected chi connectivity index (χ4v) is 10.5. The third kappa shape index (κ3) is 16.0. The van der Waals surface area contributed by atoms with Crippen LogP contribution >= 0.6 is 0 Å². The minimum absolute atomic E-state index is 0.260. The SMILES string of the molecule is CC(=O)N[C@H]1[C@H](O[C@H]2[C@@H](O)[C@@H](CO)O[C@H](O[C@H]3[C@@H](O)[C@@H](CO)O[C@@H](O[C@H]4[C@H](O)[C@@H](O)[C@H](OC[C@@H](CO)NC=O)O[C@@H]4CO)[C@@H]3O)[C@@H]2O)O[C@H](CO)[C@H](O)[C@@H]1O[C@@H]1O[C@H](CO[C@]2(C(=O)[O-])C[C@H](O)[C@@H](NC(C)=O)[C@H]([C@H](O)[C@H](O)CO)O2)[C@H](O)[C@H](O)[C@H]1O. The predicted molar refractivity (Wildman–Crippen MR) is 261 cm³/mol. The Morgan fingerprint density at radius 3 is 1.50 bits per heavy atom. The minimum Gasteiger partial charge on any atom is -0.544 e. The molecule has 0 aliphatic carbocycles. The number of nitrogens with one attached hydrogen (secondary N) is 3. The molecule has 0 saturated carbocycles. The van der Waals surface area contributed by atoms with Gasteiger partial charge in [0.15, 0.2) is 31.5 Å². The van der Waals surface area contributed by atoms with Gasteiger partial charge in [-0.15, -0.1) is 0 Å². The van der Waals surface area contributed by atoms with Crippen molar-refractivity contribution in [3.8, 4) is 0 Å². The van der Waals surface area contributed by atoms with E-state index in [0.717, 1.165) is 13.8 Å². The standard InChI is InChI=1S/C47H79N3O36/c1-13(58)49-23-16(60)3-47(46(73)74,86-38(23)25(62)17(61)5-52)76-11-22-26(63)30(67)32(69)43(81-22)83-37-24(50-14(2)59)41(77-18(6-53)27(37)64)84-39-28(65)19(7-54)79-45(34(39)71)85-40-29(66)20(8-55)78-44(35(40)72)82-36-21(9-56)80-42(33(70)31(36)68)75-10-15(4-51)48-12-57/h12,15-45,51-56,60-72H,3-11H2,1-2H3,(H,48,57)(H,49,58)(H,50,59)(H,73,74)/p-1/t15-,16+,17-,18-,19-,20-,21-,22-,23-,24-,25-,26+,27+,28+,29+,30+,31-,32-,33-,34-,35-,36-,37-,38-,39+,40+,41+,42-,43+,44+,45-,47-/m1/s1. The van der Waals surface area contributed by atoms with E-state index in [-0.39, 0.29) is 6.41 Å². The van der Waals surface area contributed by atoms with Crippen molar-refractivity contribution in [1.29, 1.82) is 0 Å². The lowest BCUT2D eigenvalue weighted by Crippen LogP contribution is -2.71. The predicted octanol–water partition coefficient (Wildman–Crippen LogP) is -16.8. The summed E-state index contributed by atoms with van der Waals surface area (Å²) in [5, 5.41) is 225. The summed E-state index contributed by atoms with van der Waals surface area (Å²) in [5.74, 6) is -7.16. The van der Waals surface area contributed by atoms with Crippen molar-refractivity contribution in [3.63, 3.8) is 0 Å². The largest absolute Gasteiger partial charge is 0.544 e. The van der Waals surface area contributed by atoms with E-state index in [0.29, 0.717) is 0 Å². The van der Waals surface area contributed by atoms with Gasteiger partial charge in [-0.25, -0.2) is 0 Å². The molecule has 86 heavy (non-hydrogen) atoms. The summed E-state index contributed by atoms with van der Waals surface area (Å²) in [6, 6.07) is -4.56. The maximum atomic E-state index is 12.9. The highest BCUT2D eigenvalue weighted by molar-refractivity contribution is 5.75. The van der Waals surface area contributed by atoms with Gasteiger partial charge in [0.05, 0.1) is 71.0 Å². The first kappa shape index (κ1) is 71.7. The second kappa shape index (κ2) is 31.6. The van der Waals surface area contributed by atoms with Crippen LogP contribution < -0.4 is 21.1 Å². The van der Waals surface area contributed by atoms with E-state index in [1.54, 1.807) is 0 Å². The Morgan fingerprint density at radius 1 is 0.547 bits per heavy atom. The van der Waals surface area contributed by atoms with Crippen LogP contribution in [-0.2, 0) is 76.0 Å². The fraction of sp³-hybridized carbons (Fsp3) is 0.915. The second-order valence-electron chi connectivity index (χ2n) is 21.1. The number of aliphatic hydroxyl groups excluding tert-OH is 19. The molecular formula is C47H78N3O36-. The Labute approximate surface area is 486 Å². The van der Waals surface area contributed by atoms with Crippen LogP contribution in [0.25, 0.3) is 0 Å². The monoisotopic (exact) mass is 1260 g/mol. The molecule has 0 radical (unpaired) electrons. The molecule has 0 aromatic heterocycles. The highest BCUT2D eigenvalue weighted by Gasteiger charge is 2.59. The molecule has 6 aliphatic rings. The first-order chi connectivity index (χ1) is 40.6. The van der Waals surface area contributed by atoms with Crippen molar-refractivity contribution >= 4 is 24.2 Å². The molecule has 6 saturated heterocycles. The third-order valence-electron chi connectivity index (χ3n) is 15.2. The zero-order valence-electron chi connectivity index (χ0n) is 45.8. The van der Waals surface area contributed by atoms with Crippen LogP contribution in [0, 0.1) is 0 Å². The van der Waals surface area contributed by atoms with Gasteiger partial charge in [-0.2, -0.15) is 0 Å². The van der Waals surface area contributed by atoms with Crippen LogP contribution in [0.1, 0.15) is 20.3 Å². The highest BCUT2D eigenvalue weighted by atomic mass is 16.8. The summed E-state index contributed by atoms with van der Waals surface area (Å²) in [5.41, 5.74) is 0. The van der Waals surface area contributed by atoms with Crippen LogP contribution in [0.2, 0.25) is 0 Å². The van der Waals surface area contributed by atoms with Crippen LogP contribution in [0.3, 0.4) is 0 Å². The Hall–Kier alpha value is -3.36. The zero-order valence-corrected chi connectivity index (χ0v) is 45.8. The number of ether oxygens (including phenoxy) is 12. The van der Waals surface area contributed by atoms with Gasteiger partial charge in [-0.3, -0.25) is 14.4 Å². The fourth-order valence-electron chi connectivity index (χ4n) is 10.5. The van der Waals surface area contributed by atoms with Crippen molar-refractivity contribution in [2.75, 3.05) is 52.9 Å². The number of aliphatic carboxylic acids is 1. The number of carboxylic acid groups (broad SMARTS) is 1. The Bertz CT molecular complexity index is 2150. The maximum Gasteiger partial charge on any atom is 0.217 e. The number of hydrogen-bond donors (Lipinski definition) is 22. The molecule has 6 fully saturated rings. The average molecular weight is 1260 g/mol. The molecule has 3 amide bonds. The van der Waals surface area contributed by atoms with E-state index in [2.05, 4.69) is 16.0 Å². The van der Waals surface area contributed by atoms with E-state index in [1.165, 1.54) is 0 Å². The normalized spacial score (nSPS) is 45.0. The van der Waals surface area contributed by atoms with Gasteiger partial charge in [0, 0.05) is 20.3 Å². The van der Waals surface area contributed by atoms with Gasteiger partial charge >= 0.3 is 0 Å². The van der Waals surface area contributed by atoms with Gasteiger partial charge in [-0.1, -0.05) is 0 Å². The molecule has 6 aliphatic heterocycles. The lowest BCUT2D eigenvalue weighted by Gasteiger charge is -2.51. The molecule has 0 spiro atoms. The van der Waals surface area contributed by atoms with Crippen molar-refractivity contribution in [3.05, 3.63) is 0 Å². The summed E-state index contributed by atoms with van der Waals surface area (Å²) in [7, 11) is 0. The zero-order chi connectivity index (χ0) is 63.8. The Morgan fingerprint density at radius 2 is 1.00 bits per heavy atom. The Balaban J connectivity index is 1.21. The Kier molecular flexibility index (Phi) is 26.3. The average Bonchev–Trinajstić information content (AvgIpc) is 0.885. The molecule has 6 heterocycles. The molecule has 39 nitrogen and oxygen atoms in total. The molecule has 0 aromatic carbocycles. The van der Waals surface area contributed by atoms with E-state index < -0.39 is 273 Å². The summed E-state index contributed by atoms with van der Waals surface area (Å²) < 4.78 is 68.1. The number of carbonyl (C=O) groups is 4. The van der Waals surface area contributed by atoms with Crippen molar-refractivity contribution in [2.45, 2.75) is 216 Å². The van der Waals surface area contributed by atoms with E-state index >= 15 is 0 Å². The van der Waals surface area contributed by atoms with Crippen LogP contribution in [0.5, 0.6) is 0 Å². The lowest BCUT2D eigenvalue weighted by molar-refractivity contribution is -0.394. The quantitative estimate of drug-likeness (QED) is 0.0340. The number of hydrogen-bond acceptors (Lipinski definition) is 36. The first-order valence-corrected chi connectivity index (χ1v) is 26.9. The van der Waals surface area contributed by atoms with Gasteiger partial charge in [0.2, 0.25) is 24.0 Å². The van der Waals surface area contributed by atoms with Gasteiger partial charge < -0.3 is 180 Å². The maximum absolute atomic E-state index is 12.9. The highest BCUT2D eigenvalue weighted by Crippen LogP contribution is 2.38. The number of carboxylic acids is 1. The lowest BCUT2D eigenvalue weighted by atomic mass is 9.88. The molecule has 22 N–H and O–H groups in total. The number of amides is 3. The van der Waals surface area contributed by atoms with Crippen LogP contribution in [0.15, 0.2) is 0 Å². The van der Waals surface area contributed by atoms with Crippen molar-refractivity contribution < 1.29 is 178 Å². The van der Waals surface area contributed by atoms with Gasteiger partial charge in [-0.05, 0) is 0 Å². The summed E-state index contributed by atoms with van der Waals surface area (Å²) >= 11 is 0. The molecular weight excluding hydrogens is 1180 g/mol. The molecule has 0 aromatic rings. The molecule has 0 bridgehead atoms. The first-order valence-electron chi connectivity index (χ1n) is 26.9. The molecule has 6 rings (SSSR count). The number of rotatable bonds is 27. The number of carbonyl (C=O) groups excluding carboxylic acids is 4. The topological polar surface area (TPSA) is 623 Å². The summed E-state index contributed by atoms with van der Waals surface area (Å²) in [6.45, 7) is -5.72. The summed E-state index contributed by atoms with van der Waals surface area (Å²) in [4.78, 5) is 48.5. The van der Waals surface area contributed by atoms with E-state index in [9.17, 15) is 121 Å². The number of aliphatic hydroxyl groups is 19. The summed E-state index contributed by atoms with van der Waals surface area (Å²) in [6.07, 6.45) is -58.4. The van der Waals surface area contributed by atoms with Crippen LogP contribution in [-0.4, -0.2) is 370 Å². The van der Waals surface area contributed by atoms with E-state index in [1.807, 2.05) is 0 Å². The molecule has 0 unspecified atom stereocenters. The molecule has 32 atom stereocenters. The van der Waals surface area contributed by atoms with Crippen molar-refractivity contribution in [2.24, 2.45) is 0 Å². The third-order valence-corrected chi connectivity index (χ3v) is 15.2. The van der Waals surface area contributed by atoms with Gasteiger partial charge in [0.1, 0.15) is 146 Å². The smallest absolute Gasteiger partial charge is 0.217 e. The molecule has 39 heteroatoms. The van der Waals surface area contributed by atoms with Crippen LogP contribution in [0.4, 0.5) is 0 Å².